The molecule has 12 heteroatoms. The first kappa shape index (κ1) is 29.0. The molecule has 1 aliphatic heterocycles. The van der Waals surface area contributed by atoms with E-state index in [0.29, 0.717) is 18.7 Å². The van der Waals surface area contributed by atoms with Gasteiger partial charge in [-0.05, 0) is 38.5 Å². The molecule has 1 N–H and O–H groups in total. The van der Waals surface area contributed by atoms with E-state index >= 15 is 8.78 Å². The van der Waals surface area contributed by atoms with Crippen molar-refractivity contribution >= 4 is 28.5 Å². The molecule has 214 valence electrons. The van der Waals surface area contributed by atoms with Gasteiger partial charge in [0.15, 0.2) is 24.7 Å². The molecule has 0 spiro atoms. The molecule has 0 bridgehead atoms. The first-order chi connectivity index (χ1) is 19.2. The first-order valence-electron chi connectivity index (χ1n) is 12.8. The molecule has 4 rings (SSSR count). The Labute approximate surface area is 229 Å². The molecule has 2 heterocycles. The number of aromatic nitrogens is 1. The number of fused-ring (bicyclic) bond motifs is 1. The largest absolute Gasteiger partial charge is 0.465 e. The summed E-state index contributed by atoms with van der Waals surface area (Å²) in [6.07, 6.45) is 1.22. The van der Waals surface area contributed by atoms with Crippen molar-refractivity contribution in [2.75, 3.05) is 38.5 Å². The Morgan fingerprint density at radius 3 is 2.62 bits per heavy atom. The van der Waals surface area contributed by atoms with Gasteiger partial charge >= 0.3 is 5.97 Å². The van der Waals surface area contributed by atoms with Crippen LogP contribution in [0.5, 0.6) is 5.75 Å². The lowest BCUT2D eigenvalue weighted by atomic mass is 10.1. The molecular weight excluding hydrogens is 528 g/mol. The Hall–Kier alpha value is -4.03. The number of anilines is 1. The lowest BCUT2D eigenvalue weighted by Crippen LogP contribution is -2.35. The van der Waals surface area contributed by atoms with Gasteiger partial charge in [-0.15, -0.1) is 0 Å². The zero-order chi connectivity index (χ0) is 29.0. The highest BCUT2D eigenvalue weighted by atomic mass is 19.2. The first-order valence-corrected chi connectivity index (χ1v) is 12.8. The van der Waals surface area contributed by atoms with Gasteiger partial charge in [-0.3, -0.25) is 9.59 Å². The van der Waals surface area contributed by atoms with Crippen molar-refractivity contribution in [3.05, 3.63) is 63.9 Å². The van der Waals surface area contributed by atoms with Gasteiger partial charge in [-0.25, -0.2) is 13.6 Å². The smallest absolute Gasteiger partial charge is 0.343 e. The molecule has 1 aromatic heterocycles. The molecule has 2 aromatic carbocycles. The SMILES string of the molecule is CCOC(=O)c1cn(-c2ccccc2OCOC(C)OC)c2cc(N3CCC(NC(C)=O)C3)c(F)c(F)c2c1=O. The van der Waals surface area contributed by atoms with Crippen LogP contribution in [0.4, 0.5) is 14.5 Å². The standard InChI is InChI=1S/C28H31F2N3O7/c1-5-38-28(36)19-14-33(20-8-6-7-9-23(20)40-15-39-17(3)37-4)21-12-22(25(29)26(30)24(21)27(19)35)32-11-10-18(13-32)31-16(2)34/h6-9,12,14,17-18H,5,10-11,13,15H2,1-4H3,(H,31,34). The minimum atomic E-state index is -1.39. The number of halogens is 2. The van der Waals surface area contributed by atoms with E-state index in [4.69, 9.17) is 18.9 Å². The van der Waals surface area contributed by atoms with Gasteiger partial charge in [0, 0.05) is 39.4 Å². The highest BCUT2D eigenvalue weighted by molar-refractivity contribution is 5.95. The van der Waals surface area contributed by atoms with Gasteiger partial charge in [0.25, 0.3) is 0 Å². The molecule has 0 radical (unpaired) electrons. The number of nitrogens with one attached hydrogen (secondary N) is 1. The number of esters is 1. The lowest BCUT2D eigenvalue weighted by Gasteiger charge is -2.23. The van der Waals surface area contributed by atoms with E-state index in [0.717, 1.165) is 0 Å². The predicted molar refractivity (Wildman–Crippen MR) is 143 cm³/mol. The number of carbonyl (C=O) groups is 2. The van der Waals surface area contributed by atoms with Crippen molar-refractivity contribution in [3.63, 3.8) is 0 Å². The number of benzene rings is 2. The second kappa shape index (κ2) is 12.4. The van der Waals surface area contributed by atoms with Crippen LogP contribution in [-0.4, -0.2) is 62.4 Å². The van der Waals surface area contributed by atoms with Gasteiger partial charge in [-0.2, -0.15) is 0 Å². The van der Waals surface area contributed by atoms with E-state index in [9.17, 15) is 14.4 Å². The molecule has 40 heavy (non-hydrogen) atoms. The summed E-state index contributed by atoms with van der Waals surface area (Å²) >= 11 is 0. The number of amides is 1. The number of pyridine rings is 1. The summed E-state index contributed by atoms with van der Waals surface area (Å²) < 4.78 is 53.9. The van der Waals surface area contributed by atoms with Crippen LogP contribution in [0, 0.1) is 11.6 Å². The molecule has 1 amide bonds. The summed E-state index contributed by atoms with van der Waals surface area (Å²) in [6, 6.07) is 7.77. The maximum absolute atomic E-state index is 15.7. The minimum absolute atomic E-state index is 0.0113. The summed E-state index contributed by atoms with van der Waals surface area (Å²) in [4.78, 5) is 39.1. The number of ether oxygens (including phenoxy) is 4. The third-order valence-corrected chi connectivity index (χ3v) is 6.56. The van der Waals surface area contributed by atoms with Gasteiger partial charge in [0.1, 0.15) is 11.3 Å². The minimum Gasteiger partial charge on any atom is -0.465 e. The average Bonchev–Trinajstić information content (AvgIpc) is 3.38. The number of carbonyl (C=O) groups excluding carboxylic acids is 2. The maximum Gasteiger partial charge on any atom is 0.343 e. The van der Waals surface area contributed by atoms with E-state index in [2.05, 4.69) is 5.32 Å². The van der Waals surface area contributed by atoms with Crippen LogP contribution in [0.15, 0.2) is 41.3 Å². The molecule has 1 fully saturated rings. The molecule has 10 nitrogen and oxygen atoms in total. The zero-order valence-electron chi connectivity index (χ0n) is 22.7. The van der Waals surface area contributed by atoms with Gasteiger partial charge in [-0.1, -0.05) is 12.1 Å². The van der Waals surface area contributed by atoms with Crippen molar-refractivity contribution in [1.29, 1.82) is 0 Å². The predicted octanol–water partition coefficient (Wildman–Crippen LogP) is 3.51. The van der Waals surface area contributed by atoms with Gasteiger partial charge in [0.2, 0.25) is 11.3 Å². The fraction of sp³-hybridized carbons (Fsp3) is 0.393. The van der Waals surface area contributed by atoms with Crippen molar-refractivity contribution < 1.29 is 37.3 Å². The Bertz CT molecular complexity index is 1480. The molecule has 0 saturated carbocycles. The maximum atomic E-state index is 15.7. The molecule has 1 saturated heterocycles. The average molecular weight is 560 g/mol. The molecular formula is C28H31F2N3O7. The number of nitrogens with zero attached hydrogens (tertiary/aromatic N) is 2. The summed E-state index contributed by atoms with van der Waals surface area (Å²) in [6.45, 7) is 5.03. The summed E-state index contributed by atoms with van der Waals surface area (Å²) in [5.41, 5.74) is -1.20. The zero-order valence-corrected chi connectivity index (χ0v) is 22.7. The Kier molecular flexibility index (Phi) is 9.00. The van der Waals surface area contributed by atoms with E-state index in [1.165, 1.54) is 30.9 Å². The molecule has 2 unspecified atom stereocenters. The van der Waals surface area contributed by atoms with Gasteiger partial charge < -0.3 is 33.7 Å². The normalized spacial score (nSPS) is 15.8. The van der Waals surface area contributed by atoms with Crippen molar-refractivity contribution in [2.45, 2.75) is 39.5 Å². The van der Waals surface area contributed by atoms with Crippen LogP contribution in [0.25, 0.3) is 16.6 Å². The van der Waals surface area contributed by atoms with Crippen LogP contribution in [-0.2, 0) is 19.0 Å². The van der Waals surface area contributed by atoms with E-state index < -0.39 is 40.3 Å². The number of hydrogen-bond acceptors (Lipinski definition) is 8. The summed E-state index contributed by atoms with van der Waals surface area (Å²) in [7, 11) is 1.48. The fourth-order valence-electron chi connectivity index (χ4n) is 4.61. The van der Waals surface area contributed by atoms with E-state index in [-0.39, 0.29) is 48.8 Å². The van der Waals surface area contributed by atoms with Crippen LogP contribution in [0.1, 0.15) is 37.6 Å². The lowest BCUT2D eigenvalue weighted by molar-refractivity contribution is -0.149. The van der Waals surface area contributed by atoms with E-state index in [1.54, 1.807) is 43.0 Å². The van der Waals surface area contributed by atoms with Crippen LogP contribution < -0.4 is 20.4 Å². The quantitative estimate of drug-likeness (QED) is 0.297. The molecule has 1 aliphatic rings. The van der Waals surface area contributed by atoms with Crippen molar-refractivity contribution in [2.24, 2.45) is 0 Å². The Balaban J connectivity index is 1.91. The fourth-order valence-corrected chi connectivity index (χ4v) is 4.61. The van der Waals surface area contributed by atoms with Crippen LogP contribution in [0.3, 0.4) is 0 Å². The van der Waals surface area contributed by atoms with E-state index in [1.807, 2.05) is 0 Å². The van der Waals surface area contributed by atoms with Crippen molar-refractivity contribution in [3.8, 4) is 11.4 Å². The third-order valence-electron chi connectivity index (χ3n) is 6.56. The molecule has 0 aliphatic carbocycles. The number of rotatable bonds is 10. The Morgan fingerprint density at radius 2 is 1.93 bits per heavy atom. The van der Waals surface area contributed by atoms with Crippen LogP contribution in [0.2, 0.25) is 0 Å². The molecule has 2 atom stereocenters. The molecule has 3 aromatic rings. The van der Waals surface area contributed by atoms with Gasteiger partial charge in [0.05, 0.1) is 28.9 Å². The monoisotopic (exact) mass is 559 g/mol. The summed E-state index contributed by atoms with van der Waals surface area (Å²) in [5, 5.41) is 2.18. The number of methoxy groups -OCH3 is 1. The Morgan fingerprint density at radius 1 is 1.18 bits per heavy atom. The second-order valence-corrected chi connectivity index (χ2v) is 9.21. The topological polar surface area (TPSA) is 108 Å². The van der Waals surface area contributed by atoms with Crippen LogP contribution >= 0.6 is 0 Å². The number of para-hydroxylation sites is 2. The second-order valence-electron chi connectivity index (χ2n) is 9.21. The third kappa shape index (κ3) is 5.92. The summed E-state index contributed by atoms with van der Waals surface area (Å²) in [5.74, 6) is -3.54. The highest BCUT2D eigenvalue weighted by Crippen LogP contribution is 2.33. The van der Waals surface area contributed by atoms with Crippen molar-refractivity contribution in [1.82, 2.24) is 9.88 Å². The number of hydrogen-bond donors (Lipinski definition) is 1. The highest BCUT2D eigenvalue weighted by Gasteiger charge is 2.30.